The average molecular weight is 651 g/mol. The van der Waals surface area contributed by atoms with Crippen LogP contribution in [0.25, 0.3) is 0 Å². The molecule has 1 aliphatic rings. The van der Waals surface area contributed by atoms with Crippen LogP contribution in [0.5, 0.6) is 0 Å². The predicted octanol–water partition coefficient (Wildman–Crippen LogP) is 8.52. The summed E-state index contributed by atoms with van der Waals surface area (Å²) in [6.45, 7) is 15.3. The molecule has 0 aliphatic carbocycles. The molecule has 1 aliphatic heterocycles. The Labute approximate surface area is 208 Å². The van der Waals surface area contributed by atoms with Gasteiger partial charge >= 0.3 is 0 Å². The Balaban J connectivity index is 2.00. The zero-order valence-electron chi connectivity index (χ0n) is 17.7. The van der Waals surface area contributed by atoms with Crippen LogP contribution in [-0.4, -0.2) is 24.0 Å². The molecular weight excluding hydrogens is 624 g/mol. The normalized spacial score (nSPS) is 15.1. The number of nitrogens with zero attached hydrogens (tertiary/aromatic N) is 2. The maximum Gasteiger partial charge on any atom is 0.244 e. The molecule has 0 spiro atoms. The minimum absolute atomic E-state index is 0.106. The molecule has 2 aromatic rings. The first-order valence-electron chi connectivity index (χ1n) is 9.66. The molecule has 2 nitrogen and oxygen atoms in total. The van der Waals surface area contributed by atoms with Gasteiger partial charge < -0.3 is 0 Å². The molecule has 29 heavy (non-hydrogen) atoms. The summed E-state index contributed by atoms with van der Waals surface area (Å²) >= 11 is 15.2. The fraction of sp³-hybridized carbons (Fsp3) is 0.435. The lowest BCUT2D eigenvalue weighted by Gasteiger charge is -2.21. The highest BCUT2D eigenvalue weighted by atomic mass is 79.9. The minimum atomic E-state index is 0.106. The van der Waals surface area contributed by atoms with E-state index >= 15 is 0 Å². The molecule has 6 heteroatoms. The number of anilines is 1. The zero-order chi connectivity index (χ0) is 21.7. The van der Waals surface area contributed by atoms with Crippen LogP contribution in [0.3, 0.4) is 0 Å². The van der Waals surface area contributed by atoms with Crippen molar-refractivity contribution in [1.82, 2.24) is 0 Å². The van der Waals surface area contributed by atoms with Gasteiger partial charge in [-0.15, -0.1) is 0 Å². The molecule has 0 amide bonds. The first-order valence-corrected chi connectivity index (χ1v) is 12.8. The standard InChI is InChI=1S/C23H27Br4N2/c1-22(2,3)14-9-16(24)20(17(25)10-14)28-7-8-29(13-28)21-18(26)11-15(12-19(21)27)23(4,5)6/h9-13H,7-8H2,1-6H3/q+1. The molecule has 0 aromatic heterocycles. The monoisotopic (exact) mass is 647 g/mol. The molecule has 0 radical (unpaired) electrons. The molecular formula is C23H27Br4N2+. The molecule has 1 heterocycles. The van der Waals surface area contributed by atoms with E-state index in [9.17, 15) is 0 Å². The number of benzene rings is 2. The summed E-state index contributed by atoms with van der Waals surface area (Å²) in [6.07, 6.45) is 2.20. The van der Waals surface area contributed by atoms with Crippen molar-refractivity contribution in [3.8, 4) is 0 Å². The van der Waals surface area contributed by atoms with Crippen LogP contribution in [0.1, 0.15) is 52.7 Å². The molecule has 0 unspecified atom stereocenters. The van der Waals surface area contributed by atoms with E-state index in [1.54, 1.807) is 0 Å². The van der Waals surface area contributed by atoms with Crippen LogP contribution < -0.4 is 4.90 Å². The highest BCUT2D eigenvalue weighted by Crippen LogP contribution is 2.41. The van der Waals surface area contributed by atoms with Crippen molar-refractivity contribution in [3.63, 3.8) is 0 Å². The van der Waals surface area contributed by atoms with Gasteiger partial charge in [0.1, 0.15) is 13.1 Å². The van der Waals surface area contributed by atoms with Gasteiger partial charge in [-0.05, 0) is 110 Å². The summed E-state index contributed by atoms with van der Waals surface area (Å²) in [4.78, 5) is 2.30. The Bertz CT molecular complexity index is 935. The van der Waals surface area contributed by atoms with Gasteiger partial charge in [0.05, 0.1) is 17.9 Å². The highest BCUT2D eigenvalue weighted by Gasteiger charge is 2.30. The Morgan fingerprint density at radius 2 is 1.14 bits per heavy atom. The van der Waals surface area contributed by atoms with Crippen LogP contribution in [0.2, 0.25) is 0 Å². The van der Waals surface area contributed by atoms with Gasteiger partial charge in [0.25, 0.3) is 0 Å². The third kappa shape index (κ3) is 5.02. The predicted molar refractivity (Wildman–Crippen MR) is 139 cm³/mol. The molecule has 0 atom stereocenters. The van der Waals surface area contributed by atoms with Gasteiger partial charge in [-0.1, -0.05) is 41.5 Å². The summed E-state index contributed by atoms with van der Waals surface area (Å²) in [5.74, 6) is 0. The molecule has 0 saturated carbocycles. The molecule has 156 valence electrons. The molecule has 0 N–H and O–H groups in total. The molecule has 0 saturated heterocycles. The third-order valence-corrected chi connectivity index (χ3v) is 7.62. The van der Waals surface area contributed by atoms with E-state index in [2.05, 4.69) is 145 Å². The second kappa shape index (κ2) is 8.40. The molecule has 0 fully saturated rings. The quantitative estimate of drug-likeness (QED) is 0.296. The topological polar surface area (TPSA) is 6.25 Å². The largest absolute Gasteiger partial charge is 0.244 e. The van der Waals surface area contributed by atoms with Crippen molar-refractivity contribution >= 4 is 81.4 Å². The maximum absolute atomic E-state index is 3.81. The summed E-state index contributed by atoms with van der Waals surface area (Å²) in [5.41, 5.74) is 5.15. The maximum atomic E-state index is 3.81. The first kappa shape index (κ1) is 23.5. The van der Waals surface area contributed by atoms with Crippen LogP contribution in [-0.2, 0) is 10.8 Å². The van der Waals surface area contributed by atoms with Crippen LogP contribution in [0.4, 0.5) is 11.4 Å². The lowest BCUT2D eigenvalue weighted by molar-refractivity contribution is -0.425. The van der Waals surface area contributed by atoms with Crippen molar-refractivity contribution in [1.29, 1.82) is 0 Å². The van der Waals surface area contributed by atoms with Crippen molar-refractivity contribution in [3.05, 3.63) is 53.3 Å². The number of halogens is 4. The lowest BCUT2D eigenvalue weighted by atomic mass is 9.87. The first-order chi connectivity index (χ1) is 13.3. The van der Waals surface area contributed by atoms with Gasteiger partial charge in [0.15, 0.2) is 11.4 Å². The van der Waals surface area contributed by atoms with Crippen molar-refractivity contribution in [2.75, 3.05) is 18.0 Å². The summed E-state index contributed by atoms with van der Waals surface area (Å²) < 4.78 is 6.73. The van der Waals surface area contributed by atoms with Crippen LogP contribution in [0, 0.1) is 0 Å². The number of hydrogen-bond acceptors (Lipinski definition) is 1. The Morgan fingerprint density at radius 3 is 1.55 bits per heavy atom. The summed E-state index contributed by atoms with van der Waals surface area (Å²) in [6, 6.07) is 8.95. The average Bonchev–Trinajstić information content (AvgIpc) is 3.00. The van der Waals surface area contributed by atoms with Crippen molar-refractivity contribution in [2.45, 2.75) is 52.4 Å². The zero-order valence-corrected chi connectivity index (χ0v) is 24.1. The summed E-state index contributed by atoms with van der Waals surface area (Å²) in [7, 11) is 0. The van der Waals surface area contributed by atoms with Crippen molar-refractivity contribution in [2.24, 2.45) is 0 Å². The number of rotatable bonds is 2. The fourth-order valence-corrected chi connectivity index (χ4v) is 6.67. The van der Waals surface area contributed by atoms with Crippen LogP contribution in [0.15, 0.2) is 42.2 Å². The third-order valence-electron chi connectivity index (χ3n) is 5.20. The van der Waals surface area contributed by atoms with E-state index in [4.69, 9.17) is 0 Å². The Kier molecular flexibility index (Phi) is 6.81. The molecule has 2 aromatic carbocycles. The van der Waals surface area contributed by atoms with E-state index in [0.717, 1.165) is 31.0 Å². The Hall–Kier alpha value is -0.170. The van der Waals surface area contributed by atoms with Crippen molar-refractivity contribution < 1.29 is 4.58 Å². The van der Waals surface area contributed by atoms with Gasteiger partial charge in [0.2, 0.25) is 6.34 Å². The van der Waals surface area contributed by atoms with Gasteiger partial charge in [-0.25, -0.2) is 9.48 Å². The SMILES string of the molecule is CC(C)(C)c1cc(Br)c(N2C=[N+](c3c(Br)cc(C(C)(C)C)cc3Br)CC2)c(Br)c1. The fourth-order valence-electron chi connectivity index (χ4n) is 3.38. The van der Waals surface area contributed by atoms with E-state index in [0.29, 0.717) is 0 Å². The Morgan fingerprint density at radius 1 is 0.724 bits per heavy atom. The smallest absolute Gasteiger partial charge is 0.227 e. The van der Waals surface area contributed by atoms with Gasteiger partial charge in [-0.3, -0.25) is 0 Å². The second-order valence-electron chi connectivity index (χ2n) is 9.58. The van der Waals surface area contributed by atoms with E-state index in [1.807, 2.05) is 0 Å². The van der Waals surface area contributed by atoms with E-state index in [1.165, 1.54) is 22.5 Å². The van der Waals surface area contributed by atoms with E-state index < -0.39 is 0 Å². The van der Waals surface area contributed by atoms with Gasteiger partial charge in [-0.2, -0.15) is 0 Å². The summed E-state index contributed by atoms with van der Waals surface area (Å²) in [5, 5.41) is 0. The number of hydrogen-bond donors (Lipinski definition) is 0. The second-order valence-corrected chi connectivity index (χ2v) is 13.0. The van der Waals surface area contributed by atoms with Gasteiger partial charge in [0, 0.05) is 0 Å². The molecule has 0 bridgehead atoms. The van der Waals surface area contributed by atoms with Crippen LogP contribution >= 0.6 is 63.7 Å². The molecule has 3 rings (SSSR count). The minimum Gasteiger partial charge on any atom is -0.227 e. The van der Waals surface area contributed by atoms with E-state index in [-0.39, 0.29) is 10.8 Å². The lowest BCUT2D eigenvalue weighted by Crippen LogP contribution is -2.20. The highest BCUT2D eigenvalue weighted by molar-refractivity contribution is 9.11.